The van der Waals surface area contributed by atoms with Gasteiger partial charge in [0.25, 0.3) is 5.91 Å². The lowest BCUT2D eigenvalue weighted by Crippen LogP contribution is -2.45. The van der Waals surface area contributed by atoms with Gasteiger partial charge in [-0.1, -0.05) is 42.8 Å². The first-order valence-corrected chi connectivity index (χ1v) is 13.4. The maximum Gasteiger partial charge on any atom is 0.276 e. The van der Waals surface area contributed by atoms with Crippen LogP contribution < -0.4 is 0 Å². The van der Waals surface area contributed by atoms with Gasteiger partial charge < -0.3 is 13.7 Å². The van der Waals surface area contributed by atoms with E-state index in [0.717, 1.165) is 15.6 Å². The lowest BCUT2D eigenvalue weighted by molar-refractivity contribution is 0.0697. The molecule has 1 aromatic carbocycles. The van der Waals surface area contributed by atoms with Crippen molar-refractivity contribution in [3.05, 3.63) is 39.7 Å². The summed E-state index contributed by atoms with van der Waals surface area (Å²) >= 11 is 3.54. The first kappa shape index (κ1) is 21.3. The average molecular weight is 465 g/mol. The van der Waals surface area contributed by atoms with Gasteiger partial charge in [0.05, 0.1) is 6.61 Å². The Morgan fingerprint density at radius 1 is 1.32 bits per heavy atom. The van der Waals surface area contributed by atoms with Crippen molar-refractivity contribution >= 4 is 30.2 Å². The molecular formula is C21H29BrN2O3Si. The quantitative estimate of drug-likeness (QED) is 0.553. The number of carbonyl (C=O) groups is 1. The predicted molar refractivity (Wildman–Crippen MR) is 117 cm³/mol. The fraction of sp³-hybridized carbons (Fsp3) is 0.524. The fourth-order valence-corrected chi connectivity index (χ4v) is 4.37. The summed E-state index contributed by atoms with van der Waals surface area (Å²) in [5.41, 5.74) is 2.39. The molecule has 1 aromatic heterocycles. The number of carbonyl (C=O) groups excluding carboxylic acids is 1. The van der Waals surface area contributed by atoms with Crippen LogP contribution in [0.3, 0.4) is 0 Å². The summed E-state index contributed by atoms with van der Waals surface area (Å²) in [5, 5.41) is 0.162. The molecule has 0 spiro atoms. The largest absolute Gasteiger partial charge is 0.440 e. The first-order valence-electron chi connectivity index (χ1n) is 9.70. The highest BCUT2D eigenvalue weighted by molar-refractivity contribution is 9.10. The molecule has 1 aliphatic rings. The number of rotatable bonds is 5. The molecule has 1 amide bonds. The second-order valence-electron chi connectivity index (χ2n) is 8.85. The highest BCUT2D eigenvalue weighted by atomic mass is 79.9. The molecule has 0 unspecified atom stereocenters. The van der Waals surface area contributed by atoms with Gasteiger partial charge >= 0.3 is 0 Å². The number of hydrogen-bond donors (Lipinski definition) is 0. The maximum absolute atomic E-state index is 12.9. The van der Waals surface area contributed by atoms with E-state index in [1.165, 1.54) is 0 Å². The van der Waals surface area contributed by atoms with E-state index in [1.54, 1.807) is 0 Å². The maximum atomic E-state index is 12.9. The third kappa shape index (κ3) is 4.11. The molecule has 7 heteroatoms. The first-order chi connectivity index (χ1) is 13.0. The minimum Gasteiger partial charge on any atom is -0.440 e. The van der Waals surface area contributed by atoms with Gasteiger partial charge in [0, 0.05) is 29.5 Å². The molecule has 2 aromatic rings. The minimum atomic E-state index is -1.81. The van der Waals surface area contributed by atoms with Gasteiger partial charge in [-0.05, 0) is 42.8 Å². The second-order valence-corrected chi connectivity index (χ2v) is 14.5. The Kier molecular flexibility index (Phi) is 5.90. The zero-order valence-electron chi connectivity index (χ0n) is 17.6. The number of aromatic nitrogens is 1. The molecule has 0 saturated heterocycles. The molecule has 5 nitrogen and oxygen atoms in total. The number of benzene rings is 1. The summed E-state index contributed by atoms with van der Waals surface area (Å²) < 4.78 is 13.2. The van der Waals surface area contributed by atoms with Gasteiger partial charge in [-0.15, -0.1) is 0 Å². The van der Waals surface area contributed by atoms with Crippen LogP contribution in [-0.4, -0.2) is 43.8 Å². The SMILES string of the molecule is Cc1c(Br)cccc1-c1nc2c(o1)CCN(CCO[Si](C)(C)C(C)(C)C)C2=O. The molecule has 152 valence electrons. The summed E-state index contributed by atoms with van der Waals surface area (Å²) in [5.74, 6) is 1.13. The van der Waals surface area contributed by atoms with Crippen molar-refractivity contribution in [2.45, 2.75) is 52.2 Å². The van der Waals surface area contributed by atoms with Crippen LogP contribution in [0.4, 0.5) is 0 Å². The Labute approximate surface area is 176 Å². The summed E-state index contributed by atoms with van der Waals surface area (Å²) in [7, 11) is -1.81. The predicted octanol–water partition coefficient (Wildman–Crippen LogP) is 5.43. The zero-order chi connectivity index (χ0) is 20.7. The van der Waals surface area contributed by atoms with E-state index in [4.69, 9.17) is 8.84 Å². The van der Waals surface area contributed by atoms with Crippen LogP contribution in [0.15, 0.2) is 27.1 Å². The van der Waals surface area contributed by atoms with Crippen molar-refractivity contribution in [1.82, 2.24) is 9.88 Å². The highest BCUT2D eigenvalue weighted by Gasteiger charge is 2.37. The minimum absolute atomic E-state index is 0.0669. The number of fused-ring (bicyclic) bond motifs is 1. The third-order valence-electron chi connectivity index (χ3n) is 5.92. The number of halogens is 1. The summed E-state index contributed by atoms with van der Waals surface area (Å²) in [4.78, 5) is 19.3. The smallest absolute Gasteiger partial charge is 0.276 e. The molecule has 0 atom stereocenters. The molecule has 3 rings (SSSR count). The van der Waals surface area contributed by atoms with Crippen LogP contribution >= 0.6 is 15.9 Å². The van der Waals surface area contributed by atoms with E-state index >= 15 is 0 Å². The van der Waals surface area contributed by atoms with Crippen LogP contribution in [0.2, 0.25) is 18.1 Å². The Bertz CT molecular complexity index is 886. The third-order valence-corrected chi connectivity index (χ3v) is 11.3. The number of amides is 1. The lowest BCUT2D eigenvalue weighted by atomic mass is 10.1. The van der Waals surface area contributed by atoms with Gasteiger partial charge in [0.2, 0.25) is 5.89 Å². The van der Waals surface area contributed by atoms with Crippen molar-refractivity contribution in [3.8, 4) is 11.5 Å². The van der Waals surface area contributed by atoms with Crippen LogP contribution in [0.25, 0.3) is 11.5 Å². The van der Waals surface area contributed by atoms with E-state index in [9.17, 15) is 4.79 Å². The van der Waals surface area contributed by atoms with Crippen molar-refractivity contribution in [2.75, 3.05) is 19.7 Å². The topological polar surface area (TPSA) is 55.6 Å². The van der Waals surface area contributed by atoms with Crippen molar-refractivity contribution in [2.24, 2.45) is 0 Å². The number of oxazole rings is 1. The molecule has 0 fully saturated rings. The molecule has 0 radical (unpaired) electrons. The average Bonchev–Trinajstić information content (AvgIpc) is 3.03. The Morgan fingerprint density at radius 2 is 2.04 bits per heavy atom. The van der Waals surface area contributed by atoms with E-state index < -0.39 is 8.32 Å². The van der Waals surface area contributed by atoms with Crippen LogP contribution in [-0.2, 0) is 10.8 Å². The molecule has 0 bridgehead atoms. The summed E-state index contributed by atoms with van der Waals surface area (Å²) in [6.45, 7) is 14.9. The summed E-state index contributed by atoms with van der Waals surface area (Å²) in [6.07, 6.45) is 0.682. The van der Waals surface area contributed by atoms with Gasteiger partial charge in [-0.2, -0.15) is 0 Å². The highest BCUT2D eigenvalue weighted by Crippen LogP contribution is 2.36. The van der Waals surface area contributed by atoms with Gasteiger partial charge in [-0.3, -0.25) is 4.79 Å². The monoisotopic (exact) mass is 464 g/mol. The second kappa shape index (κ2) is 7.76. The Morgan fingerprint density at radius 3 is 2.71 bits per heavy atom. The fourth-order valence-electron chi connectivity index (χ4n) is 2.97. The Hall–Kier alpha value is -1.44. The molecule has 1 aliphatic heterocycles. The molecular weight excluding hydrogens is 436 g/mol. The van der Waals surface area contributed by atoms with E-state index in [-0.39, 0.29) is 10.9 Å². The molecule has 2 heterocycles. The Balaban J connectivity index is 1.72. The normalized spacial score (nSPS) is 15.1. The zero-order valence-corrected chi connectivity index (χ0v) is 20.1. The molecule has 0 N–H and O–H groups in total. The van der Waals surface area contributed by atoms with E-state index in [2.05, 4.69) is 54.8 Å². The molecule has 0 aliphatic carbocycles. The van der Waals surface area contributed by atoms with Gasteiger partial charge in [0.15, 0.2) is 14.0 Å². The molecule has 28 heavy (non-hydrogen) atoms. The molecule has 0 saturated carbocycles. The number of hydrogen-bond acceptors (Lipinski definition) is 4. The van der Waals surface area contributed by atoms with E-state index in [1.807, 2.05) is 30.0 Å². The van der Waals surface area contributed by atoms with Gasteiger partial charge in [-0.25, -0.2) is 4.98 Å². The van der Waals surface area contributed by atoms with Crippen molar-refractivity contribution in [3.63, 3.8) is 0 Å². The van der Waals surface area contributed by atoms with E-state index in [0.29, 0.717) is 43.5 Å². The summed E-state index contributed by atoms with van der Waals surface area (Å²) in [6, 6.07) is 5.89. The van der Waals surface area contributed by atoms with Gasteiger partial charge in [0.1, 0.15) is 5.76 Å². The standard InChI is InChI=1S/C21H29BrN2O3Si/c1-14-15(8-7-9-16(14)22)19-23-18-17(27-19)10-11-24(20(18)25)12-13-26-28(5,6)21(2,3)4/h7-9H,10-13H2,1-6H3. The van der Waals surface area contributed by atoms with Crippen LogP contribution in [0.5, 0.6) is 0 Å². The van der Waals surface area contributed by atoms with Crippen molar-refractivity contribution < 1.29 is 13.6 Å². The van der Waals surface area contributed by atoms with Crippen LogP contribution in [0, 0.1) is 6.92 Å². The van der Waals surface area contributed by atoms with Crippen molar-refractivity contribution in [1.29, 1.82) is 0 Å². The van der Waals surface area contributed by atoms with Crippen LogP contribution in [0.1, 0.15) is 42.6 Å². The number of nitrogens with zero attached hydrogens (tertiary/aromatic N) is 2. The lowest BCUT2D eigenvalue weighted by Gasteiger charge is -2.37.